The van der Waals surface area contributed by atoms with Gasteiger partial charge in [-0.3, -0.25) is 0 Å². The average molecular weight is 320 g/mol. The van der Waals surface area contributed by atoms with Crippen LogP contribution in [0.2, 0.25) is 0 Å². The fourth-order valence-electron chi connectivity index (χ4n) is 2.52. The summed E-state index contributed by atoms with van der Waals surface area (Å²) in [6.07, 6.45) is 1.35. The standard InChI is InChI=1S/C18H15N3O3/c1-11-12(8-14(10-19)21(11)2)7-13(9-17(22)23)18-20-15-5-3-4-6-16(15)24-18/h3-8H,9H2,1-2H3,(H,22,23)/p-1/b13-7+. The Morgan fingerprint density at radius 1 is 1.46 bits per heavy atom. The molecule has 0 amide bonds. The topological polar surface area (TPSA) is 94.9 Å². The number of hydrogen-bond acceptors (Lipinski definition) is 5. The molecule has 3 rings (SSSR count). The predicted molar refractivity (Wildman–Crippen MR) is 86.4 cm³/mol. The van der Waals surface area contributed by atoms with E-state index in [0.29, 0.717) is 22.4 Å². The number of fused-ring (bicyclic) bond motifs is 1. The van der Waals surface area contributed by atoms with Crippen LogP contribution in [0.1, 0.15) is 29.3 Å². The van der Waals surface area contributed by atoms with Crippen molar-refractivity contribution in [2.24, 2.45) is 7.05 Å². The Bertz CT molecular complexity index is 969. The molecule has 2 aromatic heterocycles. The molecule has 6 heteroatoms. The highest BCUT2D eigenvalue weighted by Gasteiger charge is 2.14. The second-order valence-electron chi connectivity index (χ2n) is 5.45. The highest BCUT2D eigenvalue weighted by molar-refractivity contribution is 5.90. The fraction of sp³-hybridized carbons (Fsp3) is 0.167. The molecule has 0 aliphatic carbocycles. The van der Waals surface area contributed by atoms with E-state index in [4.69, 9.17) is 9.68 Å². The van der Waals surface area contributed by atoms with Gasteiger partial charge < -0.3 is 18.9 Å². The molecule has 2 heterocycles. The average Bonchev–Trinajstić information content (AvgIpc) is 3.10. The number of nitrogens with zero attached hydrogens (tertiary/aromatic N) is 3. The summed E-state index contributed by atoms with van der Waals surface area (Å²) in [7, 11) is 1.78. The van der Waals surface area contributed by atoms with Crippen molar-refractivity contribution < 1.29 is 14.3 Å². The maximum absolute atomic E-state index is 11.1. The van der Waals surface area contributed by atoms with E-state index in [2.05, 4.69) is 11.1 Å². The quantitative estimate of drug-likeness (QED) is 0.733. The zero-order chi connectivity index (χ0) is 17.3. The summed E-state index contributed by atoms with van der Waals surface area (Å²) in [5, 5.41) is 20.2. The summed E-state index contributed by atoms with van der Waals surface area (Å²) in [6, 6.07) is 11.0. The lowest BCUT2D eigenvalue weighted by atomic mass is 10.1. The lowest BCUT2D eigenvalue weighted by Crippen LogP contribution is -2.22. The van der Waals surface area contributed by atoms with Gasteiger partial charge in [0.25, 0.3) is 0 Å². The van der Waals surface area contributed by atoms with Gasteiger partial charge in [0.05, 0.1) is 0 Å². The highest BCUT2D eigenvalue weighted by atomic mass is 16.4. The van der Waals surface area contributed by atoms with Crippen molar-refractivity contribution in [1.29, 1.82) is 5.26 Å². The number of oxazole rings is 1. The van der Waals surface area contributed by atoms with Crippen LogP contribution in [0.25, 0.3) is 22.7 Å². The summed E-state index contributed by atoms with van der Waals surface area (Å²) in [4.78, 5) is 15.5. The predicted octanol–water partition coefficient (Wildman–Crippen LogP) is 2.03. The van der Waals surface area contributed by atoms with Crippen molar-refractivity contribution in [1.82, 2.24) is 9.55 Å². The minimum atomic E-state index is -1.22. The van der Waals surface area contributed by atoms with E-state index in [1.165, 1.54) is 0 Å². The Hall–Kier alpha value is -3.33. The Labute approximate surface area is 138 Å². The summed E-state index contributed by atoms with van der Waals surface area (Å²) in [5.74, 6) is -0.986. The van der Waals surface area contributed by atoms with Gasteiger partial charge in [0.15, 0.2) is 5.58 Å². The first-order chi connectivity index (χ1) is 11.5. The zero-order valence-corrected chi connectivity index (χ0v) is 13.2. The van der Waals surface area contributed by atoms with Crippen LogP contribution in [0.3, 0.4) is 0 Å². The first-order valence-corrected chi connectivity index (χ1v) is 7.32. The number of carbonyl (C=O) groups excluding carboxylic acids is 1. The first-order valence-electron chi connectivity index (χ1n) is 7.32. The lowest BCUT2D eigenvalue weighted by molar-refractivity contribution is -0.304. The SMILES string of the molecule is Cc1c(/C=C(\CC(=O)[O-])c2nc3ccccc3o2)cc(C#N)n1C. The van der Waals surface area contributed by atoms with E-state index >= 15 is 0 Å². The molecule has 0 N–H and O–H groups in total. The van der Waals surface area contributed by atoms with Gasteiger partial charge >= 0.3 is 0 Å². The van der Waals surface area contributed by atoms with Gasteiger partial charge in [0, 0.05) is 30.7 Å². The molecule has 0 radical (unpaired) electrons. The molecule has 0 unspecified atom stereocenters. The highest BCUT2D eigenvalue weighted by Crippen LogP contribution is 2.26. The molecule has 0 saturated heterocycles. The van der Waals surface area contributed by atoms with Gasteiger partial charge in [0.2, 0.25) is 5.89 Å². The number of aromatic nitrogens is 2. The maximum atomic E-state index is 11.1. The summed E-state index contributed by atoms with van der Waals surface area (Å²) in [6.45, 7) is 1.86. The minimum absolute atomic E-state index is 0.238. The molecule has 24 heavy (non-hydrogen) atoms. The van der Waals surface area contributed by atoms with Crippen molar-refractivity contribution in [2.45, 2.75) is 13.3 Å². The van der Waals surface area contributed by atoms with Crippen molar-refractivity contribution in [2.75, 3.05) is 0 Å². The number of carboxylic acid groups (broad SMARTS) is 1. The Morgan fingerprint density at radius 2 is 2.21 bits per heavy atom. The Kier molecular flexibility index (Phi) is 3.92. The molecule has 0 spiro atoms. The van der Waals surface area contributed by atoms with Gasteiger partial charge in [0.1, 0.15) is 17.3 Å². The largest absolute Gasteiger partial charge is 0.550 e. The second-order valence-corrected chi connectivity index (χ2v) is 5.45. The van der Waals surface area contributed by atoms with E-state index in [1.54, 1.807) is 35.9 Å². The number of para-hydroxylation sites is 2. The number of carbonyl (C=O) groups is 1. The van der Waals surface area contributed by atoms with Crippen molar-refractivity contribution >= 4 is 28.7 Å². The van der Waals surface area contributed by atoms with E-state index in [-0.39, 0.29) is 12.3 Å². The van der Waals surface area contributed by atoms with Crippen molar-refractivity contribution in [3.63, 3.8) is 0 Å². The van der Waals surface area contributed by atoms with Crippen molar-refractivity contribution in [3.8, 4) is 6.07 Å². The third-order valence-corrected chi connectivity index (χ3v) is 3.92. The molecule has 120 valence electrons. The Morgan fingerprint density at radius 3 is 2.83 bits per heavy atom. The molecule has 3 aromatic rings. The third-order valence-electron chi connectivity index (χ3n) is 3.92. The first kappa shape index (κ1) is 15.6. The third kappa shape index (κ3) is 2.79. The van der Waals surface area contributed by atoms with Crippen LogP contribution < -0.4 is 5.11 Å². The number of hydrogen-bond donors (Lipinski definition) is 0. The normalized spacial score (nSPS) is 11.6. The number of nitriles is 1. The maximum Gasteiger partial charge on any atom is 0.223 e. The van der Waals surface area contributed by atoms with Crippen LogP contribution in [-0.2, 0) is 11.8 Å². The van der Waals surface area contributed by atoms with E-state index in [1.807, 2.05) is 19.1 Å². The second kappa shape index (κ2) is 6.05. The molecule has 1 aromatic carbocycles. The van der Waals surface area contributed by atoms with Crippen LogP contribution in [0.15, 0.2) is 34.7 Å². The number of benzene rings is 1. The van der Waals surface area contributed by atoms with Gasteiger partial charge in [-0.15, -0.1) is 0 Å². The molecular formula is C18H14N3O3-. The number of aliphatic carboxylic acids is 1. The van der Waals surface area contributed by atoms with Crippen LogP contribution in [0.4, 0.5) is 0 Å². The lowest BCUT2D eigenvalue weighted by Gasteiger charge is -2.05. The van der Waals surface area contributed by atoms with Gasteiger partial charge in [-0.05, 0) is 36.8 Å². The molecule has 0 bridgehead atoms. The Balaban J connectivity index is 2.13. The van der Waals surface area contributed by atoms with Gasteiger partial charge in [-0.2, -0.15) is 5.26 Å². The zero-order valence-electron chi connectivity index (χ0n) is 13.2. The van der Waals surface area contributed by atoms with Crippen LogP contribution in [0, 0.1) is 18.3 Å². The van der Waals surface area contributed by atoms with Gasteiger partial charge in [-0.25, -0.2) is 4.98 Å². The molecule has 0 fully saturated rings. The van der Waals surface area contributed by atoms with E-state index in [0.717, 1.165) is 11.3 Å². The molecule has 0 atom stereocenters. The molecule has 6 nitrogen and oxygen atoms in total. The van der Waals surface area contributed by atoms with Crippen molar-refractivity contribution in [3.05, 3.63) is 53.2 Å². The van der Waals surface area contributed by atoms with Crippen LogP contribution in [-0.4, -0.2) is 15.5 Å². The van der Waals surface area contributed by atoms with Crippen LogP contribution >= 0.6 is 0 Å². The minimum Gasteiger partial charge on any atom is -0.550 e. The molecular weight excluding hydrogens is 306 g/mol. The molecule has 0 aliphatic heterocycles. The monoisotopic (exact) mass is 320 g/mol. The molecule has 0 aliphatic rings. The fourth-order valence-corrected chi connectivity index (χ4v) is 2.52. The van der Waals surface area contributed by atoms with E-state index < -0.39 is 5.97 Å². The molecule has 0 saturated carbocycles. The van der Waals surface area contributed by atoms with Crippen LogP contribution in [0.5, 0.6) is 0 Å². The summed E-state index contributed by atoms with van der Waals surface area (Å²) in [5.41, 5.74) is 3.71. The number of rotatable bonds is 4. The smallest absolute Gasteiger partial charge is 0.223 e. The summed E-state index contributed by atoms with van der Waals surface area (Å²) < 4.78 is 7.41. The van der Waals surface area contributed by atoms with E-state index in [9.17, 15) is 9.90 Å². The summed E-state index contributed by atoms with van der Waals surface area (Å²) >= 11 is 0. The van der Waals surface area contributed by atoms with Gasteiger partial charge in [-0.1, -0.05) is 12.1 Å². The number of carboxylic acids is 1.